The molecule has 0 fully saturated rings. The third-order valence-corrected chi connectivity index (χ3v) is 3.98. The normalized spacial score (nSPS) is 10.5. The number of hydrogen-bond acceptors (Lipinski definition) is 4. The minimum atomic E-state index is -0.105. The zero-order chi connectivity index (χ0) is 17.6. The van der Waals surface area contributed by atoms with E-state index in [1.165, 1.54) is 0 Å². The van der Waals surface area contributed by atoms with E-state index in [0.717, 1.165) is 22.6 Å². The molecule has 0 aliphatic carbocycles. The number of carbonyl (C=O) groups is 1. The lowest BCUT2D eigenvalue weighted by Crippen LogP contribution is -2.29. The summed E-state index contributed by atoms with van der Waals surface area (Å²) < 4.78 is 1.90. The smallest absolute Gasteiger partial charge is 0.252 e. The summed E-state index contributed by atoms with van der Waals surface area (Å²) in [7, 11) is 1.91. The second-order valence-electron chi connectivity index (χ2n) is 5.78. The van der Waals surface area contributed by atoms with Crippen molar-refractivity contribution >= 4 is 11.6 Å². The standard InChI is InChI=1S/C19H21N5O/c1-14-13-20-8-7-17(14)21-9-10-23-19(25)16-6-4-3-5-15(16)18-22-11-12-24(18)2/h3-8,11-13H,9-10H2,1-2H3,(H,20,21)(H,23,25). The van der Waals surface area contributed by atoms with Crippen LogP contribution < -0.4 is 10.6 Å². The zero-order valence-corrected chi connectivity index (χ0v) is 14.4. The van der Waals surface area contributed by atoms with Gasteiger partial charge < -0.3 is 15.2 Å². The molecule has 2 N–H and O–H groups in total. The Morgan fingerprint density at radius 3 is 2.76 bits per heavy atom. The summed E-state index contributed by atoms with van der Waals surface area (Å²) in [5.41, 5.74) is 3.55. The van der Waals surface area contributed by atoms with Gasteiger partial charge in [-0.2, -0.15) is 0 Å². The van der Waals surface area contributed by atoms with Gasteiger partial charge in [0.2, 0.25) is 0 Å². The zero-order valence-electron chi connectivity index (χ0n) is 14.4. The fraction of sp³-hybridized carbons (Fsp3) is 0.211. The third-order valence-electron chi connectivity index (χ3n) is 3.98. The highest BCUT2D eigenvalue weighted by atomic mass is 16.1. The molecule has 0 aliphatic heterocycles. The Kier molecular flexibility index (Phi) is 5.09. The van der Waals surface area contributed by atoms with Crippen LogP contribution >= 0.6 is 0 Å². The number of benzene rings is 1. The Bertz CT molecular complexity index is 872. The first-order valence-electron chi connectivity index (χ1n) is 8.16. The van der Waals surface area contributed by atoms with Crippen molar-refractivity contribution in [2.75, 3.05) is 18.4 Å². The molecule has 128 valence electrons. The number of aromatic nitrogens is 3. The van der Waals surface area contributed by atoms with Gasteiger partial charge in [0.25, 0.3) is 5.91 Å². The van der Waals surface area contributed by atoms with E-state index in [1.54, 1.807) is 12.4 Å². The van der Waals surface area contributed by atoms with Crippen molar-refractivity contribution in [3.8, 4) is 11.4 Å². The van der Waals surface area contributed by atoms with Gasteiger partial charge in [0.15, 0.2) is 0 Å². The predicted molar refractivity (Wildman–Crippen MR) is 98.4 cm³/mol. The molecule has 0 saturated carbocycles. The monoisotopic (exact) mass is 335 g/mol. The minimum absolute atomic E-state index is 0.105. The molecule has 3 rings (SSSR count). The van der Waals surface area contributed by atoms with Crippen LogP contribution in [0.5, 0.6) is 0 Å². The van der Waals surface area contributed by atoms with Crippen LogP contribution in [0.3, 0.4) is 0 Å². The fourth-order valence-electron chi connectivity index (χ4n) is 2.64. The van der Waals surface area contributed by atoms with Gasteiger partial charge in [0, 0.05) is 56.2 Å². The quantitative estimate of drug-likeness (QED) is 0.679. The molecule has 0 aliphatic rings. The molecule has 1 amide bonds. The van der Waals surface area contributed by atoms with Gasteiger partial charge in [-0.1, -0.05) is 18.2 Å². The maximum Gasteiger partial charge on any atom is 0.252 e. The molecule has 0 saturated heterocycles. The van der Waals surface area contributed by atoms with E-state index in [-0.39, 0.29) is 5.91 Å². The van der Waals surface area contributed by atoms with E-state index >= 15 is 0 Å². The second kappa shape index (κ2) is 7.61. The van der Waals surface area contributed by atoms with Crippen molar-refractivity contribution in [2.24, 2.45) is 7.05 Å². The summed E-state index contributed by atoms with van der Waals surface area (Å²) in [6.45, 7) is 3.16. The Morgan fingerprint density at radius 1 is 1.16 bits per heavy atom. The number of rotatable bonds is 6. The predicted octanol–water partition coefficient (Wildman–Crippen LogP) is 2.63. The molecule has 2 aromatic heterocycles. The first-order chi connectivity index (χ1) is 12.2. The average molecular weight is 335 g/mol. The van der Waals surface area contributed by atoms with Crippen LogP contribution in [-0.4, -0.2) is 33.5 Å². The molecule has 1 aromatic carbocycles. The highest BCUT2D eigenvalue weighted by Crippen LogP contribution is 2.21. The Hall–Kier alpha value is -3.15. The van der Waals surface area contributed by atoms with Gasteiger partial charge in [0.1, 0.15) is 5.82 Å². The molecule has 3 aromatic rings. The number of amides is 1. The lowest BCUT2D eigenvalue weighted by Gasteiger charge is -2.12. The lowest BCUT2D eigenvalue weighted by molar-refractivity contribution is 0.0956. The highest BCUT2D eigenvalue weighted by Gasteiger charge is 2.14. The number of imidazole rings is 1. The number of nitrogens with one attached hydrogen (secondary N) is 2. The fourth-order valence-corrected chi connectivity index (χ4v) is 2.64. The number of anilines is 1. The van der Waals surface area contributed by atoms with E-state index in [0.29, 0.717) is 18.7 Å². The molecule has 6 nitrogen and oxygen atoms in total. The van der Waals surface area contributed by atoms with Crippen LogP contribution in [0.25, 0.3) is 11.4 Å². The van der Waals surface area contributed by atoms with Crippen molar-refractivity contribution in [1.82, 2.24) is 19.9 Å². The minimum Gasteiger partial charge on any atom is -0.383 e. The molecule has 25 heavy (non-hydrogen) atoms. The number of carbonyl (C=O) groups excluding carboxylic acids is 1. The van der Waals surface area contributed by atoms with Crippen LogP contribution in [0.1, 0.15) is 15.9 Å². The third kappa shape index (κ3) is 3.85. The number of pyridine rings is 1. The molecule has 0 atom stereocenters. The van der Waals surface area contributed by atoms with Gasteiger partial charge >= 0.3 is 0 Å². The Balaban J connectivity index is 1.63. The van der Waals surface area contributed by atoms with Gasteiger partial charge in [-0.05, 0) is 24.6 Å². The highest BCUT2D eigenvalue weighted by molar-refractivity contribution is 6.00. The number of aryl methyl sites for hydroxylation is 2. The number of hydrogen-bond donors (Lipinski definition) is 2. The summed E-state index contributed by atoms with van der Waals surface area (Å²) in [4.78, 5) is 21.0. The molecule has 0 spiro atoms. The maximum atomic E-state index is 12.6. The van der Waals surface area contributed by atoms with E-state index in [9.17, 15) is 4.79 Å². The maximum absolute atomic E-state index is 12.6. The van der Waals surface area contributed by atoms with E-state index in [1.807, 2.05) is 61.3 Å². The summed E-state index contributed by atoms with van der Waals surface area (Å²) in [5, 5.41) is 6.26. The van der Waals surface area contributed by atoms with Crippen LogP contribution in [-0.2, 0) is 7.05 Å². The lowest BCUT2D eigenvalue weighted by atomic mass is 10.1. The van der Waals surface area contributed by atoms with Gasteiger partial charge in [-0.25, -0.2) is 4.98 Å². The van der Waals surface area contributed by atoms with Crippen molar-refractivity contribution in [1.29, 1.82) is 0 Å². The molecular weight excluding hydrogens is 314 g/mol. The van der Waals surface area contributed by atoms with E-state index in [4.69, 9.17) is 0 Å². The van der Waals surface area contributed by atoms with Crippen molar-refractivity contribution < 1.29 is 4.79 Å². The molecule has 0 bridgehead atoms. The summed E-state index contributed by atoms with van der Waals surface area (Å²) in [5.74, 6) is 0.670. The topological polar surface area (TPSA) is 71.8 Å². The largest absolute Gasteiger partial charge is 0.383 e. The van der Waals surface area contributed by atoms with Crippen LogP contribution in [0.4, 0.5) is 5.69 Å². The van der Waals surface area contributed by atoms with Crippen molar-refractivity contribution in [3.05, 3.63) is 66.2 Å². The summed E-state index contributed by atoms with van der Waals surface area (Å²) in [6, 6.07) is 9.43. The van der Waals surface area contributed by atoms with Gasteiger partial charge in [-0.15, -0.1) is 0 Å². The molecule has 0 unspecified atom stereocenters. The van der Waals surface area contributed by atoms with Crippen molar-refractivity contribution in [2.45, 2.75) is 6.92 Å². The molecular formula is C19H21N5O. The summed E-state index contributed by atoms with van der Waals surface area (Å²) >= 11 is 0. The molecule has 6 heteroatoms. The summed E-state index contributed by atoms with van der Waals surface area (Å²) in [6.07, 6.45) is 7.15. The van der Waals surface area contributed by atoms with Crippen LogP contribution in [0.15, 0.2) is 55.1 Å². The second-order valence-corrected chi connectivity index (χ2v) is 5.78. The van der Waals surface area contributed by atoms with Gasteiger partial charge in [0.05, 0.1) is 5.56 Å². The van der Waals surface area contributed by atoms with E-state index < -0.39 is 0 Å². The SMILES string of the molecule is Cc1cnccc1NCCNC(=O)c1ccccc1-c1nccn1C. The first-order valence-corrected chi connectivity index (χ1v) is 8.16. The van der Waals surface area contributed by atoms with Crippen molar-refractivity contribution in [3.63, 3.8) is 0 Å². The van der Waals surface area contributed by atoms with Gasteiger partial charge in [-0.3, -0.25) is 9.78 Å². The number of nitrogens with zero attached hydrogens (tertiary/aromatic N) is 3. The Morgan fingerprint density at radius 2 is 2.00 bits per heavy atom. The van der Waals surface area contributed by atoms with Crippen LogP contribution in [0.2, 0.25) is 0 Å². The molecule has 0 radical (unpaired) electrons. The average Bonchev–Trinajstić information content (AvgIpc) is 3.06. The van der Waals surface area contributed by atoms with E-state index in [2.05, 4.69) is 20.6 Å². The van der Waals surface area contributed by atoms with Crippen LogP contribution in [0, 0.1) is 6.92 Å². The molecule has 2 heterocycles. The first kappa shape index (κ1) is 16.7. The Labute approximate surface area is 146 Å².